The Morgan fingerprint density at radius 1 is 1.18 bits per heavy atom. The summed E-state index contributed by atoms with van der Waals surface area (Å²) in [6.45, 7) is 7.08. The highest BCUT2D eigenvalue weighted by atomic mass is 16.5. The predicted molar refractivity (Wildman–Crippen MR) is 85.7 cm³/mol. The smallest absolute Gasteiger partial charge is 0.303 e. The van der Waals surface area contributed by atoms with E-state index in [1.54, 1.807) is 0 Å². The van der Waals surface area contributed by atoms with Crippen molar-refractivity contribution in [3.8, 4) is 0 Å². The Balaban J connectivity index is 2.55. The molecular formula is C17H31NO4. The molecule has 0 saturated heterocycles. The third kappa shape index (κ3) is 4.00. The molecule has 128 valence electrons. The van der Waals surface area contributed by atoms with E-state index in [9.17, 15) is 9.59 Å². The fraction of sp³-hybridized carbons (Fsp3) is 0.882. The SMILES string of the molecule is CCOC1CC(N(C)C(=O)CCCCC(=O)O)C1(CC)CC. The van der Waals surface area contributed by atoms with Gasteiger partial charge >= 0.3 is 5.97 Å². The second kappa shape index (κ2) is 8.51. The summed E-state index contributed by atoms with van der Waals surface area (Å²) in [5.74, 6) is -0.674. The molecule has 0 heterocycles. The molecule has 1 rings (SSSR count). The maximum atomic E-state index is 12.3. The van der Waals surface area contributed by atoms with Crippen LogP contribution in [0.25, 0.3) is 0 Å². The zero-order valence-corrected chi connectivity index (χ0v) is 14.4. The maximum absolute atomic E-state index is 12.3. The summed E-state index contributed by atoms with van der Waals surface area (Å²) >= 11 is 0. The lowest BCUT2D eigenvalue weighted by Crippen LogP contribution is -2.64. The monoisotopic (exact) mass is 313 g/mol. The summed E-state index contributed by atoms with van der Waals surface area (Å²) in [5.41, 5.74) is 0.0709. The maximum Gasteiger partial charge on any atom is 0.303 e. The highest BCUT2D eigenvalue weighted by molar-refractivity contribution is 5.76. The first-order valence-corrected chi connectivity index (χ1v) is 8.51. The molecule has 1 saturated carbocycles. The van der Waals surface area contributed by atoms with Gasteiger partial charge in [0.1, 0.15) is 0 Å². The van der Waals surface area contributed by atoms with Crippen LogP contribution < -0.4 is 0 Å². The van der Waals surface area contributed by atoms with Crippen LogP contribution in [0.1, 0.15) is 65.7 Å². The largest absolute Gasteiger partial charge is 0.481 e. The molecule has 2 unspecified atom stereocenters. The number of carboxylic acid groups (broad SMARTS) is 1. The van der Waals surface area contributed by atoms with Gasteiger partial charge in [-0.2, -0.15) is 0 Å². The van der Waals surface area contributed by atoms with Crippen LogP contribution >= 0.6 is 0 Å². The second-order valence-electron chi connectivity index (χ2n) is 6.24. The van der Waals surface area contributed by atoms with Gasteiger partial charge in [0, 0.05) is 38.0 Å². The molecule has 1 aliphatic carbocycles. The average Bonchev–Trinajstić information content (AvgIpc) is 2.48. The Morgan fingerprint density at radius 3 is 2.27 bits per heavy atom. The summed E-state index contributed by atoms with van der Waals surface area (Å²) in [4.78, 5) is 24.7. The molecule has 1 fully saturated rings. The minimum absolute atomic E-state index is 0.0709. The molecule has 0 aromatic rings. The van der Waals surface area contributed by atoms with Gasteiger partial charge in [0.2, 0.25) is 5.91 Å². The first-order valence-electron chi connectivity index (χ1n) is 8.51. The fourth-order valence-electron chi connectivity index (χ4n) is 3.78. The van der Waals surface area contributed by atoms with Crippen molar-refractivity contribution in [3.05, 3.63) is 0 Å². The lowest BCUT2D eigenvalue weighted by atomic mass is 9.58. The van der Waals surface area contributed by atoms with Crippen LogP contribution in [0.4, 0.5) is 0 Å². The van der Waals surface area contributed by atoms with Crippen molar-refractivity contribution in [2.75, 3.05) is 13.7 Å². The van der Waals surface area contributed by atoms with Gasteiger partial charge in [-0.3, -0.25) is 9.59 Å². The van der Waals surface area contributed by atoms with Crippen molar-refractivity contribution in [1.29, 1.82) is 0 Å². The van der Waals surface area contributed by atoms with Crippen molar-refractivity contribution < 1.29 is 19.4 Å². The Kier molecular flexibility index (Phi) is 7.33. The van der Waals surface area contributed by atoms with Crippen LogP contribution in [0.5, 0.6) is 0 Å². The Bertz CT molecular complexity index is 379. The molecule has 0 aliphatic heterocycles. The van der Waals surface area contributed by atoms with Gasteiger partial charge in [-0.1, -0.05) is 13.8 Å². The first kappa shape index (κ1) is 18.9. The van der Waals surface area contributed by atoms with Gasteiger partial charge < -0.3 is 14.7 Å². The number of rotatable bonds is 10. The van der Waals surface area contributed by atoms with Crippen molar-refractivity contribution in [2.24, 2.45) is 5.41 Å². The predicted octanol–water partition coefficient (Wildman–Crippen LogP) is 3.07. The van der Waals surface area contributed by atoms with Crippen LogP contribution in [0, 0.1) is 5.41 Å². The Hall–Kier alpha value is -1.10. The van der Waals surface area contributed by atoms with Crippen molar-refractivity contribution in [3.63, 3.8) is 0 Å². The van der Waals surface area contributed by atoms with Crippen LogP contribution in [-0.4, -0.2) is 47.7 Å². The van der Waals surface area contributed by atoms with Crippen molar-refractivity contribution in [2.45, 2.75) is 77.9 Å². The number of carbonyl (C=O) groups is 2. The topological polar surface area (TPSA) is 66.8 Å². The van der Waals surface area contributed by atoms with E-state index < -0.39 is 5.97 Å². The lowest BCUT2D eigenvalue weighted by molar-refractivity contribution is -0.177. The van der Waals surface area contributed by atoms with E-state index in [0.717, 1.165) is 19.3 Å². The van der Waals surface area contributed by atoms with E-state index in [4.69, 9.17) is 9.84 Å². The molecule has 5 heteroatoms. The number of carbonyl (C=O) groups excluding carboxylic acids is 1. The molecule has 1 aliphatic rings. The van der Waals surface area contributed by atoms with Gasteiger partial charge in [0.05, 0.1) is 6.10 Å². The molecule has 2 atom stereocenters. The molecule has 0 radical (unpaired) electrons. The molecule has 0 aromatic carbocycles. The molecule has 0 spiro atoms. The molecule has 0 aromatic heterocycles. The number of aliphatic carboxylic acids is 1. The summed E-state index contributed by atoms with van der Waals surface area (Å²) in [6.07, 6.45) is 4.96. The minimum Gasteiger partial charge on any atom is -0.481 e. The van der Waals surface area contributed by atoms with E-state index >= 15 is 0 Å². The Labute approximate surface area is 134 Å². The van der Waals surface area contributed by atoms with E-state index in [0.29, 0.717) is 25.9 Å². The van der Waals surface area contributed by atoms with E-state index in [1.807, 2.05) is 18.9 Å². The van der Waals surface area contributed by atoms with Gasteiger partial charge in [0.25, 0.3) is 0 Å². The quantitative estimate of drug-likeness (QED) is 0.629. The molecule has 1 amide bonds. The van der Waals surface area contributed by atoms with E-state index in [1.165, 1.54) is 0 Å². The number of nitrogens with zero attached hydrogens (tertiary/aromatic N) is 1. The number of unbranched alkanes of at least 4 members (excludes halogenated alkanes) is 1. The summed E-state index contributed by atoms with van der Waals surface area (Å²) in [6, 6.07) is 0.242. The van der Waals surface area contributed by atoms with Gasteiger partial charge in [-0.05, 0) is 39.0 Å². The molecule has 5 nitrogen and oxygen atoms in total. The van der Waals surface area contributed by atoms with Crippen LogP contribution in [0.15, 0.2) is 0 Å². The zero-order chi connectivity index (χ0) is 16.8. The highest BCUT2D eigenvalue weighted by Crippen LogP contribution is 2.51. The number of hydrogen-bond donors (Lipinski definition) is 1. The van der Waals surface area contributed by atoms with Gasteiger partial charge in [-0.15, -0.1) is 0 Å². The number of ether oxygens (including phenoxy) is 1. The van der Waals surface area contributed by atoms with E-state index in [2.05, 4.69) is 13.8 Å². The van der Waals surface area contributed by atoms with Gasteiger partial charge in [0.15, 0.2) is 0 Å². The number of amides is 1. The fourth-order valence-corrected chi connectivity index (χ4v) is 3.78. The van der Waals surface area contributed by atoms with E-state index in [-0.39, 0.29) is 29.9 Å². The highest BCUT2D eigenvalue weighted by Gasteiger charge is 2.55. The summed E-state index contributed by atoms with van der Waals surface area (Å²) in [5, 5.41) is 8.63. The van der Waals surface area contributed by atoms with Crippen molar-refractivity contribution >= 4 is 11.9 Å². The summed E-state index contributed by atoms with van der Waals surface area (Å²) < 4.78 is 5.86. The molecule has 0 bridgehead atoms. The zero-order valence-electron chi connectivity index (χ0n) is 14.4. The normalized spacial score (nSPS) is 22.9. The third-order valence-electron chi connectivity index (χ3n) is 5.32. The van der Waals surface area contributed by atoms with Crippen molar-refractivity contribution in [1.82, 2.24) is 4.90 Å². The Morgan fingerprint density at radius 2 is 1.77 bits per heavy atom. The minimum atomic E-state index is -0.796. The number of carboxylic acids is 1. The van der Waals surface area contributed by atoms with Gasteiger partial charge in [-0.25, -0.2) is 0 Å². The van der Waals surface area contributed by atoms with Crippen LogP contribution in [0.3, 0.4) is 0 Å². The first-order chi connectivity index (χ1) is 10.4. The van der Waals surface area contributed by atoms with Crippen LogP contribution in [0.2, 0.25) is 0 Å². The average molecular weight is 313 g/mol. The van der Waals surface area contributed by atoms with Crippen LogP contribution in [-0.2, 0) is 14.3 Å². The summed E-state index contributed by atoms with van der Waals surface area (Å²) in [7, 11) is 1.88. The lowest BCUT2D eigenvalue weighted by Gasteiger charge is -2.58. The molecule has 22 heavy (non-hydrogen) atoms. The second-order valence-corrected chi connectivity index (χ2v) is 6.24. The molecular weight excluding hydrogens is 282 g/mol. The third-order valence-corrected chi connectivity index (χ3v) is 5.32. The standard InChI is InChI=1S/C17H31NO4/c1-5-17(6-2)13(12-14(17)22-7-3)18(4)15(19)10-8-9-11-16(20)21/h13-14H,5-12H2,1-4H3,(H,20,21). The molecule has 1 N–H and O–H groups in total. The number of hydrogen-bond acceptors (Lipinski definition) is 3.